The Balaban J connectivity index is 1.69. The van der Waals surface area contributed by atoms with Gasteiger partial charge in [-0.05, 0) is 43.5 Å². The summed E-state index contributed by atoms with van der Waals surface area (Å²) in [7, 11) is 0. The van der Waals surface area contributed by atoms with E-state index in [2.05, 4.69) is 54.7 Å². The summed E-state index contributed by atoms with van der Waals surface area (Å²) in [5, 5.41) is 14.9. The summed E-state index contributed by atoms with van der Waals surface area (Å²) in [4.78, 5) is 4.55. The van der Waals surface area contributed by atoms with Crippen LogP contribution in [0.5, 0.6) is 0 Å². The number of aryl methyl sites for hydroxylation is 1. The predicted octanol–water partition coefficient (Wildman–Crippen LogP) is 4.82. The lowest BCUT2D eigenvalue weighted by molar-refractivity contribution is 0.613. The first-order valence-corrected chi connectivity index (χ1v) is 8.99. The molecule has 1 aliphatic carbocycles. The zero-order chi connectivity index (χ0) is 16.1. The van der Waals surface area contributed by atoms with Gasteiger partial charge in [0.15, 0.2) is 5.82 Å². The highest BCUT2D eigenvalue weighted by molar-refractivity contribution is 9.10. The molecule has 23 heavy (non-hydrogen) atoms. The molecular weight excluding hydrogens is 354 g/mol. The van der Waals surface area contributed by atoms with Gasteiger partial charge in [-0.15, -0.1) is 5.10 Å². The van der Waals surface area contributed by atoms with Crippen LogP contribution < -0.4 is 10.6 Å². The smallest absolute Gasteiger partial charge is 0.244 e. The number of nitrogens with zero attached hydrogens (tertiary/aromatic N) is 3. The molecule has 0 radical (unpaired) electrons. The van der Waals surface area contributed by atoms with Crippen molar-refractivity contribution in [3.8, 4) is 0 Å². The van der Waals surface area contributed by atoms with Crippen LogP contribution in [0.15, 0.2) is 28.9 Å². The maximum Gasteiger partial charge on any atom is 0.244 e. The molecular formula is C17H22BrN5. The molecule has 1 aliphatic rings. The van der Waals surface area contributed by atoms with Crippen molar-refractivity contribution in [2.75, 3.05) is 10.6 Å². The number of hydrogen-bond donors (Lipinski definition) is 2. The Morgan fingerprint density at radius 1 is 1.13 bits per heavy atom. The van der Waals surface area contributed by atoms with E-state index in [0.29, 0.717) is 17.8 Å². The summed E-state index contributed by atoms with van der Waals surface area (Å²) in [5.74, 6) is 1.32. The molecule has 1 heterocycles. The minimum Gasteiger partial charge on any atom is -0.350 e. The lowest BCUT2D eigenvalue weighted by Crippen LogP contribution is -2.20. The lowest BCUT2D eigenvalue weighted by atomic mass is 10.1. The molecule has 1 aromatic carbocycles. The van der Waals surface area contributed by atoms with Crippen LogP contribution in [0.25, 0.3) is 0 Å². The van der Waals surface area contributed by atoms with Crippen molar-refractivity contribution in [3.05, 3.63) is 34.4 Å². The van der Waals surface area contributed by atoms with E-state index in [0.717, 1.165) is 15.7 Å². The highest BCUT2D eigenvalue weighted by Crippen LogP contribution is 2.23. The standard InChI is InChI=1S/C17H22BrN5/c1-12-10-13(18)8-9-15(12)21-16-11-19-23-17(22-16)20-14-6-4-2-3-5-7-14/h8-11,14H,2-7H2,1H3,(H2,20,21,22,23). The first kappa shape index (κ1) is 16.2. The molecule has 2 aromatic rings. The summed E-state index contributed by atoms with van der Waals surface area (Å²) >= 11 is 3.48. The normalized spacial score (nSPS) is 15.9. The van der Waals surface area contributed by atoms with E-state index in [9.17, 15) is 0 Å². The van der Waals surface area contributed by atoms with E-state index in [-0.39, 0.29) is 0 Å². The van der Waals surface area contributed by atoms with Crippen LogP contribution in [0.1, 0.15) is 44.1 Å². The molecule has 6 heteroatoms. The molecule has 0 amide bonds. The average Bonchev–Trinajstić information content (AvgIpc) is 2.79. The molecule has 2 N–H and O–H groups in total. The van der Waals surface area contributed by atoms with Crippen molar-refractivity contribution in [3.63, 3.8) is 0 Å². The van der Waals surface area contributed by atoms with E-state index in [1.54, 1.807) is 6.20 Å². The number of aromatic nitrogens is 3. The van der Waals surface area contributed by atoms with Crippen LogP contribution in [-0.2, 0) is 0 Å². The summed E-state index contributed by atoms with van der Waals surface area (Å²) in [6, 6.07) is 6.57. The van der Waals surface area contributed by atoms with Gasteiger partial charge in [-0.1, -0.05) is 41.6 Å². The molecule has 0 spiro atoms. The summed E-state index contributed by atoms with van der Waals surface area (Å²) in [6.45, 7) is 2.06. The largest absolute Gasteiger partial charge is 0.350 e. The number of rotatable bonds is 4. The molecule has 1 aromatic heterocycles. The van der Waals surface area contributed by atoms with Gasteiger partial charge < -0.3 is 10.6 Å². The minimum atomic E-state index is 0.462. The highest BCUT2D eigenvalue weighted by Gasteiger charge is 2.13. The fraction of sp³-hybridized carbons (Fsp3) is 0.471. The summed E-state index contributed by atoms with van der Waals surface area (Å²) in [5.41, 5.74) is 2.17. The number of anilines is 3. The zero-order valence-corrected chi connectivity index (χ0v) is 14.9. The van der Waals surface area contributed by atoms with Gasteiger partial charge in [-0.2, -0.15) is 10.1 Å². The zero-order valence-electron chi connectivity index (χ0n) is 13.3. The first-order valence-electron chi connectivity index (χ1n) is 8.20. The molecule has 3 rings (SSSR count). The molecule has 0 aliphatic heterocycles. The maximum atomic E-state index is 4.55. The number of halogens is 1. The monoisotopic (exact) mass is 375 g/mol. The Morgan fingerprint density at radius 3 is 2.65 bits per heavy atom. The fourth-order valence-corrected chi connectivity index (χ4v) is 3.41. The lowest BCUT2D eigenvalue weighted by Gasteiger charge is -2.16. The molecule has 5 nitrogen and oxygen atoms in total. The Labute approximate surface area is 145 Å². The van der Waals surface area contributed by atoms with Gasteiger partial charge in [-0.25, -0.2) is 0 Å². The molecule has 0 saturated heterocycles. The third-order valence-electron chi connectivity index (χ3n) is 4.20. The van der Waals surface area contributed by atoms with Gasteiger partial charge in [-0.3, -0.25) is 0 Å². The van der Waals surface area contributed by atoms with E-state index >= 15 is 0 Å². The van der Waals surface area contributed by atoms with Crippen LogP contribution in [0.3, 0.4) is 0 Å². The minimum absolute atomic E-state index is 0.462. The second kappa shape index (κ2) is 7.73. The highest BCUT2D eigenvalue weighted by atomic mass is 79.9. The van der Waals surface area contributed by atoms with Crippen LogP contribution in [0, 0.1) is 6.92 Å². The van der Waals surface area contributed by atoms with E-state index in [4.69, 9.17) is 0 Å². The van der Waals surface area contributed by atoms with Crippen molar-refractivity contribution in [2.45, 2.75) is 51.5 Å². The molecule has 1 fully saturated rings. The predicted molar refractivity (Wildman–Crippen MR) is 97.1 cm³/mol. The number of benzene rings is 1. The van der Waals surface area contributed by atoms with Gasteiger partial charge in [0.25, 0.3) is 0 Å². The van der Waals surface area contributed by atoms with E-state index in [1.807, 2.05) is 12.1 Å². The third kappa shape index (κ3) is 4.64. The van der Waals surface area contributed by atoms with Crippen molar-refractivity contribution >= 4 is 33.4 Å². The van der Waals surface area contributed by atoms with Gasteiger partial charge in [0.05, 0.1) is 6.20 Å². The van der Waals surface area contributed by atoms with Crippen LogP contribution in [0.2, 0.25) is 0 Å². The molecule has 0 unspecified atom stereocenters. The van der Waals surface area contributed by atoms with Crippen molar-refractivity contribution in [2.24, 2.45) is 0 Å². The van der Waals surface area contributed by atoms with E-state index < -0.39 is 0 Å². The Bertz CT molecular complexity index is 653. The van der Waals surface area contributed by atoms with Gasteiger partial charge in [0.2, 0.25) is 5.95 Å². The average molecular weight is 376 g/mol. The first-order chi connectivity index (χ1) is 11.2. The SMILES string of the molecule is Cc1cc(Br)ccc1Nc1cnnc(NC2CCCCCC2)n1. The Hall–Kier alpha value is -1.69. The number of nitrogens with one attached hydrogen (secondary N) is 2. The van der Waals surface area contributed by atoms with Gasteiger partial charge in [0, 0.05) is 16.2 Å². The Kier molecular flexibility index (Phi) is 5.43. The van der Waals surface area contributed by atoms with Crippen molar-refractivity contribution < 1.29 is 0 Å². The maximum absolute atomic E-state index is 4.55. The molecule has 122 valence electrons. The van der Waals surface area contributed by atoms with Crippen molar-refractivity contribution in [1.29, 1.82) is 0 Å². The molecule has 0 bridgehead atoms. The van der Waals surface area contributed by atoms with E-state index in [1.165, 1.54) is 38.5 Å². The van der Waals surface area contributed by atoms with Crippen LogP contribution in [-0.4, -0.2) is 21.2 Å². The molecule has 0 atom stereocenters. The molecule has 1 saturated carbocycles. The topological polar surface area (TPSA) is 62.7 Å². The second-order valence-corrected chi connectivity index (χ2v) is 7.00. The summed E-state index contributed by atoms with van der Waals surface area (Å²) in [6.07, 6.45) is 9.26. The van der Waals surface area contributed by atoms with Crippen LogP contribution in [0.4, 0.5) is 17.5 Å². The third-order valence-corrected chi connectivity index (χ3v) is 4.69. The summed E-state index contributed by atoms with van der Waals surface area (Å²) < 4.78 is 1.07. The Morgan fingerprint density at radius 2 is 1.91 bits per heavy atom. The van der Waals surface area contributed by atoms with Crippen LogP contribution >= 0.6 is 15.9 Å². The van der Waals surface area contributed by atoms with Gasteiger partial charge in [0.1, 0.15) is 0 Å². The van der Waals surface area contributed by atoms with Crippen molar-refractivity contribution in [1.82, 2.24) is 15.2 Å². The quantitative estimate of drug-likeness (QED) is 0.749. The second-order valence-electron chi connectivity index (χ2n) is 6.08. The fourth-order valence-electron chi connectivity index (χ4n) is 2.94. The van der Waals surface area contributed by atoms with Gasteiger partial charge >= 0.3 is 0 Å². The number of hydrogen-bond acceptors (Lipinski definition) is 5.